The molecule has 5 heteroatoms. The Morgan fingerprint density at radius 2 is 2.04 bits per heavy atom. The maximum absolute atomic E-state index is 13.4. The molecule has 1 aromatic heterocycles. The molecule has 2 aromatic carbocycles. The van der Waals surface area contributed by atoms with Crippen molar-refractivity contribution in [2.75, 3.05) is 5.32 Å². The number of nitrogens with one attached hydrogen (secondary N) is 1. The summed E-state index contributed by atoms with van der Waals surface area (Å²) in [6.07, 6.45) is 3.55. The van der Waals surface area contributed by atoms with Crippen LogP contribution in [0.15, 0.2) is 65.8 Å². The van der Waals surface area contributed by atoms with Gasteiger partial charge in [0.05, 0.1) is 11.3 Å². The van der Waals surface area contributed by atoms with Gasteiger partial charge in [0.15, 0.2) is 0 Å². The number of anilines is 1. The van der Waals surface area contributed by atoms with Gasteiger partial charge in [-0.3, -0.25) is 4.79 Å². The van der Waals surface area contributed by atoms with E-state index in [-0.39, 0.29) is 17.8 Å². The topological polar surface area (TPSA) is 38.3 Å². The predicted molar refractivity (Wildman–Crippen MR) is 96.7 cm³/mol. The van der Waals surface area contributed by atoms with E-state index >= 15 is 0 Å². The molecule has 0 radical (unpaired) electrons. The lowest BCUT2D eigenvalue weighted by atomic mass is 10.1. The molecule has 3 heterocycles. The van der Waals surface area contributed by atoms with E-state index in [1.807, 2.05) is 24.3 Å². The van der Waals surface area contributed by atoms with Gasteiger partial charge in [0, 0.05) is 15.8 Å². The van der Waals surface area contributed by atoms with Gasteiger partial charge in [0.2, 0.25) is 0 Å². The molecule has 5 rings (SSSR count). The van der Waals surface area contributed by atoms with Crippen molar-refractivity contribution in [3.8, 4) is 0 Å². The zero-order valence-corrected chi connectivity index (χ0v) is 13.8. The Morgan fingerprint density at radius 1 is 1.16 bits per heavy atom. The van der Waals surface area contributed by atoms with Crippen LogP contribution >= 0.6 is 11.3 Å². The number of thiophene rings is 1. The average Bonchev–Trinajstić information content (AvgIpc) is 3.29. The molecule has 2 aliphatic rings. The third-order valence-corrected chi connectivity index (χ3v) is 5.45. The molecule has 0 spiro atoms. The second-order valence-corrected chi connectivity index (χ2v) is 6.88. The minimum atomic E-state index is -0.379. The number of fused-ring (bicyclic) bond motifs is 2. The highest BCUT2D eigenvalue weighted by molar-refractivity contribution is 7.17. The van der Waals surface area contributed by atoms with Crippen molar-refractivity contribution in [1.82, 2.24) is 0 Å². The minimum absolute atomic E-state index is 0.226. The fourth-order valence-corrected chi connectivity index (χ4v) is 4.29. The van der Waals surface area contributed by atoms with Crippen molar-refractivity contribution < 1.29 is 13.9 Å². The number of halogens is 1. The number of amides is 1. The van der Waals surface area contributed by atoms with Gasteiger partial charge in [-0.1, -0.05) is 18.2 Å². The smallest absolute Gasteiger partial charge is 0.260 e. The van der Waals surface area contributed by atoms with Gasteiger partial charge < -0.3 is 10.1 Å². The Labute approximate surface area is 147 Å². The molecule has 1 N–H and O–H groups in total. The van der Waals surface area contributed by atoms with E-state index in [1.165, 1.54) is 16.8 Å². The van der Waals surface area contributed by atoms with Gasteiger partial charge in [0.1, 0.15) is 17.7 Å². The molecule has 0 saturated carbocycles. The Balaban J connectivity index is 1.55. The summed E-state index contributed by atoms with van der Waals surface area (Å²) in [7, 11) is 0. The number of benzene rings is 2. The molecule has 25 heavy (non-hydrogen) atoms. The number of hydrogen-bond acceptors (Lipinski definition) is 3. The molecule has 0 aliphatic carbocycles. The van der Waals surface area contributed by atoms with E-state index in [2.05, 4.69) is 22.8 Å². The molecule has 0 saturated heterocycles. The molecule has 1 unspecified atom stereocenters. The first-order chi connectivity index (χ1) is 12.2. The fraction of sp³-hybridized carbons (Fsp3) is 0.0500. The summed E-state index contributed by atoms with van der Waals surface area (Å²) in [6.45, 7) is 0. The van der Waals surface area contributed by atoms with Crippen LogP contribution in [-0.2, 0) is 9.53 Å². The van der Waals surface area contributed by atoms with E-state index in [0.29, 0.717) is 22.6 Å². The molecule has 122 valence electrons. The second kappa shape index (κ2) is 5.29. The first kappa shape index (κ1) is 14.4. The first-order valence-corrected chi connectivity index (χ1v) is 8.75. The summed E-state index contributed by atoms with van der Waals surface area (Å²) in [5, 5.41) is 5.94. The number of carbonyl (C=O) groups is 1. The molecule has 1 atom stereocenters. The average molecular weight is 349 g/mol. The van der Waals surface area contributed by atoms with Gasteiger partial charge in [-0.2, -0.15) is 0 Å². The number of allylic oxidation sites excluding steroid dienone is 1. The van der Waals surface area contributed by atoms with Crippen molar-refractivity contribution in [3.05, 3.63) is 82.7 Å². The summed E-state index contributed by atoms with van der Waals surface area (Å²) < 4.78 is 20.7. The van der Waals surface area contributed by atoms with Crippen LogP contribution in [0, 0.1) is 5.82 Å². The van der Waals surface area contributed by atoms with E-state index in [0.717, 1.165) is 10.9 Å². The van der Waals surface area contributed by atoms with Crippen LogP contribution in [0.4, 0.5) is 10.1 Å². The number of rotatable bonds is 1. The Morgan fingerprint density at radius 3 is 2.96 bits per heavy atom. The van der Waals surface area contributed by atoms with Crippen LogP contribution in [0.1, 0.15) is 17.2 Å². The standard InChI is InChI=1S/C20H12FNO2S/c21-11-5-6-13-15(9-11)22-20(23)19(13)17-8-7-16(24-17)14-10-25-18-4-2-1-3-12(14)18/h1-10,16H,(H,22,23)/b19-17+. The largest absolute Gasteiger partial charge is 0.481 e. The summed E-state index contributed by atoms with van der Waals surface area (Å²) >= 11 is 1.67. The summed E-state index contributed by atoms with van der Waals surface area (Å²) in [6, 6.07) is 12.5. The van der Waals surface area contributed by atoms with Crippen molar-refractivity contribution in [2.24, 2.45) is 0 Å². The van der Waals surface area contributed by atoms with Crippen LogP contribution in [0.25, 0.3) is 15.7 Å². The van der Waals surface area contributed by atoms with Crippen molar-refractivity contribution in [1.29, 1.82) is 0 Å². The molecule has 0 fully saturated rings. The van der Waals surface area contributed by atoms with Gasteiger partial charge in [-0.15, -0.1) is 11.3 Å². The summed E-state index contributed by atoms with van der Waals surface area (Å²) in [5.41, 5.74) is 2.69. The first-order valence-electron chi connectivity index (χ1n) is 7.87. The highest BCUT2D eigenvalue weighted by Gasteiger charge is 2.31. The van der Waals surface area contributed by atoms with Gasteiger partial charge in [-0.25, -0.2) is 4.39 Å². The van der Waals surface area contributed by atoms with Crippen LogP contribution < -0.4 is 5.32 Å². The van der Waals surface area contributed by atoms with E-state index in [4.69, 9.17) is 4.74 Å². The molecule has 1 amide bonds. The van der Waals surface area contributed by atoms with Crippen LogP contribution in [0.2, 0.25) is 0 Å². The number of hydrogen-bond donors (Lipinski definition) is 1. The minimum Gasteiger partial charge on any atom is -0.481 e. The molecule has 0 bridgehead atoms. The van der Waals surface area contributed by atoms with E-state index in [9.17, 15) is 9.18 Å². The lowest BCUT2D eigenvalue weighted by molar-refractivity contribution is -0.110. The molecular weight excluding hydrogens is 337 g/mol. The SMILES string of the molecule is O=C1Nc2cc(F)ccc2/C1=C1/C=CC(c2csc3ccccc23)O1. The summed E-state index contributed by atoms with van der Waals surface area (Å²) in [4.78, 5) is 12.3. The highest BCUT2D eigenvalue weighted by Crippen LogP contribution is 2.41. The molecular formula is C20H12FNO2S. The molecule has 3 nitrogen and oxygen atoms in total. The fourth-order valence-electron chi connectivity index (χ4n) is 3.31. The third kappa shape index (κ3) is 2.20. The van der Waals surface area contributed by atoms with Crippen molar-refractivity contribution in [2.45, 2.75) is 6.10 Å². The molecule has 3 aromatic rings. The molecule has 2 aliphatic heterocycles. The van der Waals surface area contributed by atoms with E-state index in [1.54, 1.807) is 17.4 Å². The lowest BCUT2D eigenvalue weighted by Crippen LogP contribution is -2.06. The Kier molecular flexibility index (Phi) is 3.05. The van der Waals surface area contributed by atoms with Gasteiger partial charge >= 0.3 is 0 Å². The zero-order chi connectivity index (χ0) is 17.0. The van der Waals surface area contributed by atoms with Crippen LogP contribution in [0.3, 0.4) is 0 Å². The van der Waals surface area contributed by atoms with E-state index < -0.39 is 0 Å². The predicted octanol–water partition coefficient (Wildman–Crippen LogP) is 5.03. The normalized spacial score (nSPS) is 21.5. The Hall–Kier alpha value is -2.92. The quantitative estimate of drug-likeness (QED) is 0.626. The van der Waals surface area contributed by atoms with Gasteiger partial charge in [-0.05, 0) is 47.2 Å². The number of ether oxygens (including phenoxy) is 1. The second-order valence-electron chi connectivity index (χ2n) is 5.97. The third-order valence-electron chi connectivity index (χ3n) is 4.47. The van der Waals surface area contributed by atoms with Crippen molar-refractivity contribution >= 4 is 38.6 Å². The maximum Gasteiger partial charge on any atom is 0.260 e. The highest BCUT2D eigenvalue weighted by atomic mass is 32.1. The van der Waals surface area contributed by atoms with Crippen molar-refractivity contribution in [3.63, 3.8) is 0 Å². The monoisotopic (exact) mass is 349 g/mol. The van der Waals surface area contributed by atoms with Gasteiger partial charge in [0.25, 0.3) is 5.91 Å². The maximum atomic E-state index is 13.4. The zero-order valence-electron chi connectivity index (χ0n) is 13.0. The Bertz CT molecular complexity index is 1100. The summed E-state index contributed by atoms with van der Waals surface area (Å²) in [5.74, 6) is -0.130. The lowest BCUT2D eigenvalue weighted by Gasteiger charge is -2.11. The van der Waals surface area contributed by atoms with Crippen LogP contribution in [-0.4, -0.2) is 5.91 Å². The number of carbonyl (C=O) groups excluding carboxylic acids is 1. The van der Waals surface area contributed by atoms with Crippen LogP contribution in [0.5, 0.6) is 0 Å².